The topological polar surface area (TPSA) is 83.9 Å². The van der Waals surface area contributed by atoms with Gasteiger partial charge in [0.2, 0.25) is 0 Å². The maximum Gasteiger partial charge on any atom is 0.321 e. The van der Waals surface area contributed by atoms with Crippen molar-refractivity contribution in [2.24, 2.45) is 0 Å². The van der Waals surface area contributed by atoms with E-state index in [1.165, 1.54) is 11.6 Å². The Hall–Kier alpha value is -1.74. The van der Waals surface area contributed by atoms with Crippen molar-refractivity contribution in [3.05, 3.63) is 42.0 Å². The zero-order chi connectivity index (χ0) is 18.6. The fourth-order valence-corrected chi connectivity index (χ4v) is 4.83. The van der Waals surface area contributed by atoms with Gasteiger partial charge in [0, 0.05) is 4.88 Å². The second kappa shape index (κ2) is 8.09. The van der Waals surface area contributed by atoms with E-state index < -0.39 is 28.6 Å². The first-order valence-corrected chi connectivity index (χ1v) is 10.1. The molecule has 2 aromatic rings. The molecule has 0 radical (unpaired) electrons. The molecule has 0 aliphatic rings. The molecule has 0 aliphatic heterocycles. The molecule has 1 aromatic heterocycles. The summed E-state index contributed by atoms with van der Waals surface area (Å²) in [5.74, 6) is -1.28. The molecule has 1 heterocycles. The maximum atomic E-state index is 12.7. The highest BCUT2D eigenvalue weighted by Crippen LogP contribution is 2.32. The van der Waals surface area contributed by atoms with Gasteiger partial charge in [-0.1, -0.05) is 35.7 Å². The smallest absolute Gasteiger partial charge is 0.321 e. The summed E-state index contributed by atoms with van der Waals surface area (Å²) in [5.41, 5.74) is 2.12. The summed E-state index contributed by atoms with van der Waals surface area (Å²) in [6, 6.07) is 11.1. The molecule has 0 fully saturated rings. The Labute approximate surface area is 151 Å². The lowest BCUT2D eigenvalue weighted by molar-refractivity contribution is -0.156. The third kappa shape index (κ3) is 4.88. The molecule has 0 amide bonds. The van der Waals surface area contributed by atoms with Crippen molar-refractivity contribution in [3.63, 3.8) is 0 Å². The second-order valence-electron chi connectivity index (χ2n) is 5.68. The average Bonchev–Trinajstić information content (AvgIpc) is 3.04. The fraction of sp³-hybridized carbons (Fsp3) is 0.353. The standard InChI is InChI=1S/C17H21NO5S2/c1-4-13-5-7-14(8-6-13)15-9-10-17(24-15)25(21,22)18(11-16(19)20)23-12(2)3/h5-10,12H,4,11H2,1-3H3,(H,19,20). The highest BCUT2D eigenvalue weighted by atomic mass is 32.2. The zero-order valence-electron chi connectivity index (χ0n) is 14.3. The van der Waals surface area contributed by atoms with E-state index in [0.29, 0.717) is 4.47 Å². The Morgan fingerprint density at radius 1 is 1.20 bits per heavy atom. The predicted molar refractivity (Wildman–Crippen MR) is 96.9 cm³/mol. The number of carboxylic acids is 1. The SMILES string of the molecule is CCc1ccc(-c2ccc(S(=O)(=O)N(CC(=O)O)OC(C)C)s2)cc1. The second-order valence-corrected chi connectivity index (χ2v) is 8.82. The van der Waals surface area contributed by atoms with E-state index >= 15 is 0 Å². The highest BCUT2D eigenvalue weighted by molar-refractivity contribution is 7.91. The van der Waals surface area contributed by atoms with Gasteiger partial charge in [-0.15, -0.1) is 11.3 Å². The van der Waals surface area contributed by atoms with Crippen LogP contribution < -0.4 is 0 Å². The molecule has 0 spiro atoms. The highest BCUT2D eigenvalue weighted by Gasteiger charge is 2.30. The molecule has 2 rings (SSSR count). The van der Waals surface area contributed by atoms with Crippen molar-refractivity contribution in [2.45, 2.75) is 37.5 Å². The van der Waals surface area contributed by atoms with Gasteiger partial charge >= 0.3 is 5.97 Å². The van der Waals surface area contributed by atoms with Crippen LogP contribution in [0.1, 0.15) is 26.3 Å². The van der Waals surface area contributed by atoms with Crippen LogP contribution in [0.2, 0.25) is 0 Å². The van der Waals surface area contributed by atoms with Gasteiger partial charge in [0.15, 0.2) is 0 Å². The quantitative estimate of drug-likeness (QED) is 0.707. The first-order chi connectivity index (χ1) is 11.7. The number of benzene rings is 1. The molecule has 0 saturated carbocycles. The number of carbonyl (C=O) groups is 1. The number of carboxylic acid groups (broad SMARTS) is 1. The largest absolute Gasteiger partial charge is 0.480 e. The van der Waals surface area contributed by atoms with Crippen molar-refractivity contribution >= 4 is 27.3 Å². The van der Waals surface area contributed by atoms with Crippen LogP contribution in [-0.4, -0.2) is 36.6 Å². The minimum absolute atomic E-state index is 0.0453. The van der Waals surface area contributed by atoms with E-state index in [2.05, 4.69) is 6.92 Å². The molecule has 0 aliphatic carbocycles. The molecule has 0 bridgehead atoms. The molecule has 136 valence electrons. The van der Waals surface area contributed by atoms with Crippen LogP contribution in [-0.2, 0) is 26.1 Å². The van der Waals surface area contributed by atoms with E-state index in [1.807, 2.05) is 24.3 Å². The Morgan fingerprint density at radius 2 is 1.84 bits per heavy atom. The van der Waals surface area contributed by atoms with Crippen molar-refractivity contribution in [3.8, 4) is 10.4 Å². The normalized spacial score (nSPS) is 12.0. The number of rotatable bonds is 8. The van der Waals surface area contributed by atoms with Crippen LogP contribution in [0.15, 0.2) is 40.6 Å². The average molecular weight is 383 g/mol. The summed E-state index contributed by atoms with van der Waals surface area (Å²) in [6.07, 6.45) is 0.469. The number of thiophene rings is 1. The van der Waals surface area contributed by atoms with E-state index in [0.717, 1.165) is 28.2 Å². The Bertz CT molecular complexity index is 825. The van der Waals surface area contributed by atoms with Crippen molar-refractivity contribution in [1.82, 2.24) is 4.47 Å². The lowest BCUT2D eigenvalue weighted by atomic mass is 10.1. The van der Waals surface area contributed by atoms with Gasteiger partial charge in [-0.2, -0.15) is 0 Å². The lowest BCUT2D eigenvalue weighted by Crippen LogP contribution is -2.37. The van der Waals surface area contributed by atoms with Crippen LogP contribution in [0.4, 0.5) is 0 Å². The first kappa shape index (κ1) is 19.6. The number of sulfonamides is 1. The summed E-state index contributed by atoms with van der Waals surface area (Å²) >= 11 is 1.09. The van der Waals surface area contributed by atoms with Crippen LogP contribution in [0.25, 0.3) is 10.4 Å². The Balaban J connectivity index is 2.32. The molecule has 0 atom stereocenters. The van der Waals surface area contributed by atoms with Gasteiger partial charge in [0.05, 0.1) is 6.10 Å². The molecule has 6 nitrogen and oxygen atoms in total. The summed E-state index contributed by atoms with van der Waals surface area (Å²) in [6.45, 7) is 4.59. The maximum absolute atomic E-state index is 12.7. The number of hydroxylamine groups is 1. The minimum atomic E-state index is -4.04. The number of hydrogen-bond donors (Lipinski definition) is 1. The van der Waals surface area contributed by atoms with Crippen molar-refractivity contribution < 1.29 is 23.2 Å². The van der Waals surface area contributed by atoms with E-state index in [9.17, 15) is 13.2 Å². The van der Waals surface area contributed by atoms with Gasteiger partial charge in [-0.3, -0.25) is 9.63 Å². The molecular formula is C17H21NO5S2. The fourth-order valence-electron chi connectivity index (χ4n) is 2.14. The predicted octanol–water partition coefficient (Wildman–Crippen LogP) is 3.39. The molecular weight excluding hydrogens is 362 g/mol. The number of nitrogens with zero attached hydrogens (tertiary/aromatic N) is 1. The lowest BCUT2D eigenvalue weighted by Gasteiger charge is -2.21. The molecule has 1 N–H and O–H groups in total. The van der Waals surface area contributed by atoms with E-state index in [1.54, 1.807) is 19.9 Å². The van der Waals surface area contributed by atoms with Crippen LogP contribution in [0, 0.1) is 0 Å². The van der Waals surface area contributed by atoms with Crippen molar-refractivity contribution in [2.75, 3.05) is 6.54 Å². The summed E-state index contributed by atoms with van der Waals surface area (Å²) in [7, 11) is -4.04. The summed E-state index contributed by atoms with van der Waals surface area (Å²) < 4.78 is 26.0. The first-order valence-electron chi connectivity index (χ1n) is 7.84. The van der Waals surface area contributed by atoms with Gasteiger partial charge in [0.1, 0.15) is 10.8 Å². The molecule has 25 heavy (non-hydrogen) atoms. The van der Waals surface area contributed by atoms with Gasteiger partial charge < -0.3 is 5.11 Å². The summed E-state index contributed by atoms with van der Waals surface area (Å²) in [5, 5.41) is 8.96. The van der Waals surface area contributed by atoms with Gasteiger partial charge in [-0.25, -0.2) is 8.42 Å². The minimum Gasteiger partial charge on any atom is -0.480 e. The number of aliphatic carboxylic acids is 1. The number of hydrogen-bond acceptors (Lipinski definition) is 5. The van der Waals surface area contributed by atoms with Crippen LogP contribution in [0.5, 0.6) is 0 Å². The zero-order valence-corrected chi connectivity index (χ0v) is 15.9. The third-order valence-electron chi connectivity index (χ3n) is 3.34. The molecule has 8 heteroatoms. The van der Waals surface area contributed by atoms with Crippen LogP contribution >= 0.6 is 11.3 Å². The number of aryl methyl sites for hydroxylation is 1. The van der Waals surface area contributed by atoms with Crippen LogP contribution in [0.3, 0.4) is 0 Å². The molecule has 0 unspecified atom stereocenters. The van der Waals surface area contributed by atoms with Crippen molar-refractivity contribution in [1.29, 1.82) is 0 Å². The molecule has 1 aromatic carbocycles. The Kier molecular flexibility index (Phi) is 6.34. The van der Waals surface area contributed by atoms with E-state index in [4.69, 9.17) is 9.94 Å². The monoisotopic (exact) mass is 383 g/mol. The van der Waals surface area contributed by atoms with Gasteiger partial charge in [0.25, 0.3) is 10.0 Å². The molecule has 0 saturated heterocycles. The Morgan fingerprint density at radius 3 is 2.36 bits per heavy atom. The third-order valence-corrected chi connectivity index (χ3v) is 6.55. The van der Waals surface area contributed by atoms with E-state index in [-0.39, 0.29) is 4.21 Å². The summed E-state index contributed by atoms with van der Waals surface area (Å²) in [4.78, 5) is 17.0. The van der Waals surface area contributed by atoms with Gasteiger partial charge in [-0.05, 0) is 43.5 Å².